The molecular formula is C19H23N3. The molecule has 0 amide bonds. The number of hydrogen-bond donors (Lipinski definition) is 2. The van der Waals surface area contributed by atoms with Gasteiger partial charge in [0.25, 0.3) is 0 Å². The zero-order valence-electron chi connectivity index (χ0n) is 13.3. The van der Waals surface area contributed by atoms with Gasteiger partial charge in [0.2, 0.25) is 0 Å². The number of nitrogens with zero attached hydrogens (tertiary/aromatic N) is 1. The van der Waals surface area contributed by atoms with E-state index in [2.05, 4.69) is 71.1 Å². The van der Waals surface area contributed by atoms with Crippen LogP contribution in [0.3, 0.4) is 0 Å². The zero-order valence-corrected chi connectivity index (χ0v) is 13.3. The molecular weight excluding hydrogens is 270 g/mol. The molecule has 0 bridgehead atoms. The molecule has 0 heterocycles. The van der Waals surface area contributed by atoms with Crippen LogP contribution in [0.2, 0.25) is 0 Å². The van der Waals surface area contributed by atoms with E-state index in [0.29, 0.717) is 5.92 Å². The van der Waals surface area contributed by atoms with Crippen LogP contribution in [0.1, 0.15) is 28.2 Å². The summed E-state index contributed by atoms with van der Waals surface area (Å²) in [6.07, 6.45) is 1.16. The Hall–Kier alpha value is -2.29. The molecule has 0 aromatic heterocycles. The van der Waals surface area contributed by atoms with Crippen LogP contribution in [0.15, 0.2) is 53.5 Å². The largest absolute Gasteiger partial charge is 0.356 e. The second kappa shape index (κ2) is 6.65. The molecule has 114 valence electrons. The predicted molar refractivity (Wildman–Crippen MR) is 92.3 cm³/mol. The smallest absolute Gasteiger partial charge is 0.191 e. The summed E-state index contributed by atoms with van der Waals surface area (Å²) in [6, 6.07) is 17.2. The Labute approximate surface area is 132 Å². The van der Waals surface area contributed by atoms with Crippen molar-refractivity contribution in [1.29, 1.82) is 0 Å². The van der Waals surface area contributed by atoms with Crippen LogP contribution in [0, 0.1) is 6.92 Å². The van der Waals surface area contributed by atoms with Crippen molar-refractivity contribution >= 4 is 5.96 Å². The highest BCUT2D eigenvalue weighted by Crippen LogP contribution is 2.33. The highest BCUT2D eigenvalue weighted by Gasteiger charge is 2.25. The monoisotopic (exact) mass is 293 g/mol. The molecule has 0 radical (unpaired) electrons. The average Bonchev–Trinajstić information content (AvgIpc) is 2.51. The normalized spacial score (nSPS) is 16.6. The lowest BCUT2D eigenvalue weighted by Crippen LogP contribution is -2.40. The molecule has 0 saturated heterocycles. The Balaban J connectivity index is 1.49. The van der Waals surface area contributed by atoms with Gasteiger partial charge in [-0.3, -0.25) is 4.99 Å². The Morgan fingerprint density at radius 2 is 2.00 bits per heavy atom. The SMILES string of the molecule is CN=C(NCc1cccc(C)c1)NCC1Cc2ccccc21. The number of aryl methyl sites for hydroxylation is 1. The minimum absolute atomic E-state index is 0.605. The van der Waals surface area contributed by atoms with Crippen molar-refractivity contribution in [1.82, 2.24) is 10.6 Å². The Bertz CT molecular complexity index is 676. The molecule has 2 N–H and O–H groups in total. The van der Waals surface area contributed by atoms with E-state index >= 15 is 0 Å². The minimum atomic E-state index is 0.605. The van der Waals surface area contributed by atoms with Crippen molar-refractivity contribution in [3.8, 4) is 0 Å². The van der Waals surface area contributed by atoms with Gasteiger partial charge in [-0.25, -0.2) is 0 Å². The van der Waals surface area contributed by atoms with E-state index < -0.39 is 0 Å². The summed E-state index contributed by atoms with van der Waals surface area (Å²) in [7, 11) is 1.82. The third-order valence-corrected chi connectivity index (χ3v) is 4.24. The predicted octanol–water partition coefficient (Wildman–Crippen LogP) is 3.00. The summed E-state index contributed by atoms with van der Waals surface area (Å²) in [5.74, 6) is 1.47. The van der Waals surface area contributed by atoms with Gasteiger partial charge in [0.15, 0.2) is 5.96 Å². The molecule has 2 aromatic rings. The summed E-state index contributed by atoms with van der Waals surface area (Å²) in [5.41, 5.74) is 5.52. The standard InChI is InChI=1S/C19H23N3/c1-14-6-5-7-15(10-14)12-21-19(20-2)22-13-17-11-16-8-3-4-9-18(16)17/h3-10,17H,11-13H2,1-2H3,(H2,20,21,22). The van der Waals surface area contributed by atoms with E-state index in [4.69, 9.17) is 0 Å². The molecule has 0 saturated carbocycles. The fraction of sp³-hybridized carbons (Fsp3) is 0.316. The minimum Gasteiger partial charge on any atom is -0.356 e. The molecule has 1 aliphatic rings. The van der Waals surface area contributed by atoms with Crippen molar-refractivity contribution in [3.05, 3.63) is 70.8 Å². The highest BCUT2D eigenvalue weighted by atomic mass is 15.2. The topological polar surface area (TPSA) is 36.4 Å². The number of rotatable bonds is 4. The van der Waals surface area contributed by atoms with E-state index in [0.717, 1.165) is 25.5 Å². The van der Waals surface area contributed by atoms with E-state index in [1.54, 1.807) is 0 Å². The Kier molecular flexibility index (Phi) is 4.42. The molecule has 1 unspecified atom stereocenters. The van der Waals surface area contributed by atoms with Crippen LogP contribution in [0.4, 0.5) is 0 Å². The number of fused-ring (bicyclic) bond motifs is 1. The van der Waals surface area contributed by atoms with Crippen LogP contribution in [-0.2, 0) is 13.0 Å². The molecule has 0 spiro atoms. The molecule has 0 aliphatic heterocycles. The van der Waals surface area contributed by atoms with Gasteiger partial charge in [0, 0.05) is 26.1 Å². The van der Waals surface area contributed by atoms with Crippen LogP contribution in [0.5, 0.6) is 0 Å². The third-order valence-electron chi connectivity index (χ3n) is 4.24. The molecule has 0 fully saturated rings. The molecule has 3 heteroatoms. The van der Waals surface area contributed by atoms with Crippen molar-refractivity contribution in [2.45, 2.75) is 25.8 Å². The van der Waals surface area contributed by atoms with Crippen LogP contribution in [-0.4, -0.2) is 19.6 Å². The Morgan fingerprint density at radius 1 is 1.14 bits per heavy atom. The van der Waals surface area contributed by atoms with Gasteiger partial charge in [0.05, 0.1) is 0 Å². The summed E-state index contributed by atoms with van der Waals surface area (Å²) in [6.45, 7) is 3.84. The maximum Gasteiger partial charge on any atom is 0.191 e. The third kappa shape index (κ3) is 3.30. The number of nitrogens with one attached hydrogen (secondary N) is 2. The second-order valence-electron chi connectivity index (χ2n) is 5.90. The molecule has 3 nitrogen and oxygen atoms in total. The van der Waals surface area contributed by atoms with Crippen molar-refractivity contribution in [2.24, 2.45) is 4.99 Å². The molecule has 2 aromatic carbocycles. The summed E-state index contributed by atoms with van der Waals surface area (Å²) < 4.78 is 0. The van der Waals surface area contributed by atoms with Crippen LogP contribution < -0.4 is 10.6 Å². The van der Waals surface area contributed by atoms with Gasteiger partial charge in [-0.05, 0) is 30.0 Å². The molecule has 1 atom stereocenters. The molecule has 22 heavy (non-hydrogen) atoms. The molecule has 3 rings (SSSR count). The van der Waals surface area contributed by atoms with Crippen molar-refractivity contribution in [3.63, 3.8) is 0 Å². The highest BCUT2D eigenvalue weighted by molar-refractivity contribution is 5.79. The lowest BCUT2D eigenvalue weighted by Gasteiger charge is -2.30. The van der Waals surface area contributed by atoms with E-state index in [9.17, 15) is 0 Å². The van der Waals surface area contributed by atoms with Gasteiger partial charge in [-0.1, -0.05) is 54.1 Å². The first-order chi connectivity index (χ1) is 10.8. The lowest BCUT2D eigenvalue weighted by molar-refractivity contribution is 0.584. The molecule has 1 aliphatic carbocycles. The summed E-state index contributed by atoms with van der Waals surface area (Å²) in [5, 5.41) is 6.82. The maximum absolute atomic E-state index is 4.31. The average molecular weight is 293 g/mol. The van der Waals surface area contributed by atoms with Gasteiger partial charge in [-0.15, -0.1) is 0 Å². The van der Waals surface area contributed by atoms with E-state index in [-0.39, 0.29) is 0 Å². The number of guanidine groups is 1. The number of hydrogen-bond acceptors (Lipinski definition) is 1. The zero-order chi connectivity index (χ0) is 15.4. The van der Waals surface area contributed by atoms with Crippen LogP contribution >= 0.6 is 0 Å². The first-order valence-electron chi connectivity index (χ1n) is 7.84. The van der Waals surface area contributed by atoms with E-state index in [1.165, 1.54) is 22.3 Å². The first-order valence-corrected chi connectivity index (χ1v) is 7.84. The fourth-order valence-electron chi connectivity index (χ4n) is 2.99. The first kappa shape index (κ1) is 14.6. The van der Waals surface area contributed by atoms with Gasteiger partial charge < -0.3 is 10.6 Å². The van der Waals surface area contributed by atoms with Crippen molar-refractivity contribution < 1.29 is 0 Å². The van der Waals surface area contributed by atoms with Gasteiger partial charge in [0.1, 0.15) is 0 Å². The quantitative estimate of drug-likeness (QED) is 0.671. The van der Waals surface area contributed by atoms with Crippen LogP contribution in [0.25, 0.3) is 0 Å². The number of benzene rings is 2. The lowest BCUT2D eigenvalue weighted by atomic mass is 9.78. The van der Waals surface area contributed by atoms with Gasteiger partial charge in [-0.2, -0.15) is 0 Å². The second-order valence-corrected chi connectivity index (χ2v) is 5.90. The number of aliphatic imine (C=N–C) groups is 1. The Morgan fingerprint density at radius 3 is 2.77 bits per heavy atom. The fourth-order valence-corrected chi connectivity index (χ4v) is 2.99. The summed E-state index contributed by atoms with van der Waals surface area (Å²) >= 11 is 0. The summed E-state index contributed by atoms with van der Waals surface area (Å²) in [4.78, 5) is 4.31. The maximum atomic E-state index is 4.31. The van der Waals surface area contributed by atoms with Gasteiger partial charge >= 0.3 is 0 Å². The van der Waals surface area contributed by atoms with E-state index in [1.807, 2.05) is 7.05 Å². The van der Waals surface area contributed by atoms with Crippen molar-refractivity contribution in [2.75, 3.05) is 13.6 Å².